The number of benzene rings is 1. The van der Waals surface area contributed by atoms with Crippen molar-refractivity contribution in [1.82, 2.24) is 14.9 Å². The van der Waals surface area contributed by atoms with E-state index in [0.717, 1.165) is 28.6 Å². The summed E-state index contributed by atoms with van der Waals surface area (Å²) in [6, 6.07) is 7.90. The molecule has 3 heterocycles. The van der Waals surface area contributed by atoms with Crippen molar-refractivity contribution in [2.75, 3.05) is 12.3 Å². The molecule has 24 heavy (non-hydrogen) atoms. The van der Waals surface area contributed by atoms with Crippen LogP contribution in [0.5, 0.6) is 0 Å². The maximum absolute atomic E-state index is 12.8. The first-order valence-corrected chi connectivity index (χ1v) is 8.88. The number of aryl methyl sites for hydroxylation is 1. The van der Waals surface area contributed by atoms with Crippen molar-refractivity contribution < 1.29 is 4.79 Å². The van der Waals surface area contributed by atoms with Gasteiger partial charge in [-0.25, -0.2) is 9.97 Å². The van der Waals surface area contributed by atoms with Crippen LogP contribution in [-0.4, -0.2) is 27.3 Å². The van der Waals surface area contributed by atoms with Crippen LogP contribution in [0.15, 0.2) is 30.6 Å². The predicted molar refractivity (Wildman–Crippen MR) is 96.1 cm³/mol. The maximum atomic E-state index is 12.8. The molecule has 122 valence electrons. The Kier molecular flexibility index (Phi) is 3.69. The molecule has 1 aliphatic rings. The fourth-order valence-corrected chi connectivity index (χ4v) is 4.40. The first kappa shape index (κ1) is 15.1. The molecule has 1 aromatic carbocycles. The highest BCUT2D eigenvalue weighted by Gasteiger charge is 2.26. The highest BCUT2D eigenvalue weighted by molar-refractivity contribution is 7.19. The van der Waals surface area contributed by atoms with Crippen LogP contribution in [-0.2, 0) is 19.4 Å². The summed E-state index contributed by atoms with van der Waals surface area (Å²) in [7, 11) is 0. The lowest BCUT2D eigenvalue weighted by atomic mass is 10.0. The van der Waals surface area contributed by atoms with Gasteiger partial charge in [-0.05, 0) is 36.1 Å². The number of nitrogens with two attached hydrogens (primary N) is 1. The zero-order chi connectivity index (χ0) is 16.7. The van der Waals surface area contributed by atoms with Crippen molar-refractivity contribution >= 4 is 33.3 Å². The predicted octanol–water partition coefficient (Wildman–Crippen LogP) is 3.03. The lowest BCUT2D eigenvalue weighted by Crippen LogP contribution is -2.35. The number of carbonyl (C=O) groups excluding carboxylic acids is 1. The molecule has 0 saturated carbocycles. The number of nitrogen functional groups attached to an aromatic ring is 1. The summed E-state index contributed by atoms with van der Waals surface area (Å²) in [5.41, 5.74) is 9.21. The van der Waals surface area contributed by atoms with E-state index in [-0.39, 0.29) is 5.91 Å². The van der Waals surface area contributed by atoms with E-state index >= 15 is 0 Å². The molecule has 3 aromatic rings. The number of thiophene rings is 1. The molecule has 4 rings (SSSR count). The topological polar surface area (TPSA) is 72.1 Å². The monoisotopic (exact) mass is 338 g/mol. The molecule has 2 N–H and O–H groups in total. The van der Waals surface area contributed by atoms with Gasteiger partial charge >= 0.3 is 0 Å². The first-order chi connectivity index (χ1) is 11.7. The Balaban J connectivity index is 1.63. The Morgan fingerprint density at radius 2 is 2.08 bits per heavy atom. The Labute approximate surface area is 144 Å². The van der Waals surface area contributed by atoms with E-state index in [0.29, 0.717) is 18.9 Å². The third kappa shape index (κ3) is 2.43. The van der Waals surface area contributed by atoms with Gasteiger partial charge in [0.05, 0.1) is 11.9 Å². The van der Waals surface area contributed by atoms with Gasteiger partial charge in [-0.3, -0.25) is 4.79 Å². The van der Waals surface area contributed by atoms with Gasteiger partial charge in [-0.15, -0.1) is 11.3 Å². The number of amides is 1. The molecular formula is C18H18N4OS. The highest BCUT2D eigenvalue weighted by atomic mass is 32.1. The van der Waals surface area contributed by atoms with Crippen molar-refractivity contribution in [3.05, 3.63) is 52.2 Å². The number of fused-ring (bicyclic) bond motifs is 3. The molecule has 0 spiro atoms. The van der Waals surface area contributed by atoms with Crippen LogP contribution < -0.4 is 5.73 Å². The summed E-state index contributed by atoms with van der Waals surface area (Å²) in [6.07, 6.45) is 3.27. The average molecular weight is 338 g/mol. The van der Waals surface area contributed by atoms with E-state index in [1.165, 1.54) is 22.3 Å². The van der Waals surface area contributed by atoms with Crippen LogP contribution in [0.3, 0.4) is 0 Å². The van der Waals surface area contributed by atoms with Crippen LogP contribution in [0.1, 0.15) is 33.3 Å². The molecule has 0 bridgehead atoms. The average Bonchev–Trinajstić information content (AvgIpc) is 3.00. The van der Waals surface area contributed by atoms with Gasteiger partial charge in [0.1, 0.15) is 17.0 Å². The second-order valence-electron chi connectivity index (χ2n) is 5.97. The maximum Gasteiger partial charge on any atom is 0.254 e. The quantitative estimate of drug-likeness (QED) is 0.779. The third-order valence-corrected chi connectivity index (χ3v) is 5.69. The van der Waals surface area contributed by atoms with Crippen molar-refractivity contribution in [1.29, 1.82) is 0 Å². The molecule has 0 saturated heterocycles. The first-order valence-electron chi connectivity index (χ1n) is 8.06. The van der Waals surface area contributed by atoms with Crippen LogP contribution in [0.2, 0.25) is 0 Å². The second kappa shape index (κ2) is 5.87. The van der Waals surface area contributed by atoms with Crippen LogP contribution in [0.25, 0.3) is 10.2 Å². The number of rotatable bonds is 2. The molecule has 0 unspecified atom stereocenters. The fourth-order valence-electron chi connectivity index (χ4n) is 3.19. The second-order valence-corrected chi connectivity index (χ2v) is 7.05. The molecule has 5 nitrogen and oxygen atoms in total. The number of hydrogen-bond acceptors (Lipinski definition) is 5. The summed E-state index contributed by atoms with van der Waals surface area (Å²) in [5, 5.41) is 0.969. The van der Waals surface area contributed by atoms with Crippen LogP contribution >= 0.6 is 11.3 Å². The third-order valence-electron chi connectivity index (χ3n) is 4.56. The molecule has 0 aliphatic carbocycles. The standard InChI is InChI=1S/C18H18N4OS/c1-2-11-3-5-12(6-4-11)18(23)22-8-7-13-14(9-22)24-17-15(13)16(19)20-10-21-17/h3-6,10H,2,7-9H2,1H3,(H2,19,20,21). The Bertz CT molecular complexity index is 917. The Morgan fingerprint density at radius 1 is 1.29 bits per heavy atom. The fraction of sp³-hybridized carbons (Fsp3) is 0.278. The number of hydrogen-bond donors (Lipinski definition) is 1. The Morgan fingerprint density at radius 3 is 2.83 bits per heavy atom. The van der Waals surface area contributed by atoms with Crippen molar-refractivity contribution in [2.24, 2.45) is 0 Å². The van der Waals surface area contributed by atoms with Gasteiger partial charge in [-0.1, -0.05) is 19.1 Å². The molecule has 2 aromatic heterocycles. The van der Waals surface area contributed by atoms with Crippen molar-refractivity contribution in [3.63, 3.8) is 0 Å². The van der Waals surface area contributed by atoms with Gasteiger partial charge in [0.25, 0.3) is 5.91 Å². The lowest BCUT2D eigenvalue weighted by molar-refractivity contribution is 0.0737. The minimum atomic E-state index is 0.0832. The molecule has 1 amide bonds. The van der Waals surface area contributed by atoms with E-state index in [4.69, 9.17) is 5.73 Å². The molecule has 0 atom stereocenters. The van der Waals surface area contributed by atoms with Crippen LogP contribution in [0.4, 0.5) is 5.82 Å². The van der Waals surface area contributed by atoms with E-state index in [1.54, 1.807) is 11.3 Å². The van der Waals surface area contributed by atoms with E-state index < -0.39 is 0 Å². The summed E-state index contributed by atoms with van der Waals surface area (Å²) in [5.74, 6) is 0.618. The zero-order valence-electron chi connectivity index (χ0n) is 13.5. The van der Waals surface area contributed by atoms with Gasteiger partial charge in [0.15, 0.2) is 0 Å². The molecule has 0 fully saturated rings. The molecular weight excluding hydrogens is 320 g/mol. The minimum Gasteiger partial charge on any atom is -0.383 e. The van der Waals surface area contributed by atoms with E-state index in [2.05, 4.69) is 16.9 Å². The van der Waals surface area contributed by atoms with Gasteiger partial charge in [0, 0.05) is 17.0 Å². The smallest absolute Gasteiger partial charge is 0.254 e. The number of aromatic nitrogens is 2. The van der Waals surface area contributed by atoms with E-state index in [1.807, 2.05) is 29.2 Å². The van der Waals surface area contributed by atoms with Crippen molar-refractivity contribution in [3.8, 4) is 0 Å². The SMILES string of the molecule is CCc1ccc(C(=O)N2CCc3c(sc4ncnc(N)c34)C2)cc1. The largest absolute Gasteiger partial charge is 0.383 e. The molecule has 6 heteroatoms. The molecule has 0 radical (unpaired) electrons. The normalized spacial score (nSPS) is 14.0. The van der Waals surface area contributed by atoms with Crippen LogP contribution in [0, 0.1) is 0 Å². The lowest BCUT2D eigenvalue weighted by Gasteiger charge is -2.27. The zero-order valence-corrected chi connectivity index (χ0v) is 14.3. The minimum absolute atomic E-state index is 0.0832. The summed E-state index contributed by atoms with van der Waals surface area (Å²) >= 11 is 1.61. The van der Waals surface area contributed by atoms with Crippen molar-refractivity contribution in [2.45, 2.75) is 26.3 Å². The summed E-state index contributed by atoms with van der Waals surface area (Å²) in [6.45, 7) is 3.42. The molecule has 1 aliphatic heterocycles. The van der Waals surface area contributed by atoms with Gasteiger partial charge in [0.2, 0.25) is 0 Å². The highest BCUT2D eigenvalue weighted by Crippen LogP contribution is 2.36. The number of anilines is 1. The van der Waals surface area contributed by atoms with E-state index in [9.17, 15) is 4.79 Å². The Hall–Kier alpha value is -2.47. The summed E-state index contributed by atoms with van der Waals surface area (Å²) < 4.78 is 0. The summed E-state index contributed by atoms with van der Waals surface area (Å²) in [4.78, 5) is 25.2. The van der Waals surface area contributed by atoms with Gasteiger partial charge in [-0.2, -0.15) is 0 Å². The van der Waals surface area contributed by atoms with Gasteiger partial charge < -0.3 is 10.6 Å². The number of nitrogens with zero attached hydrogens (tertiary/aromatic N) is 3. The number of carbonyl (C=O) groups is 1.